The molecule has 0 saturated carbocycles. The fourth-order valence-electron chi connectivity index (χ4n) is 7.88. The Balaban J connectivity index is 1.03. The third-order valence-corrected chi connectivity index (χ3v) is 10.3. The van der Waals surface area contributed by atoms with Gasteiger partial charge in [0.2, 0.25) is 0 Å². The maximum Gasteiger partial charge on any atom is 0.143 e. The summed E-state index contributed by atoms with van der Waals surface area (Å²) in [5.74, 6) is 0. The van der Waals surface area contributed by atoms with Crippen LogP contribution in [0.5, 0.6) is 0 Å². The second-order valence-electron chi connectivity index (χ2n) is 13.3. The summed E-state index contributed by atoms with van der Waals surface area (Å²) in [5, 5.41) is 6.57. The Bertz CT molecular complexity index is 3090. The number of para-hydroxylation sites is 4. The smallest absolute Gasteiger partial charge is 0.143 e. The van der Waals surface area contributed by atoms with E-state index in [9.17, 15) is 0 Å². The van der Waals surface area contributed by atoms with Crippen LogP contribution < -0.4 is 4.90 Å². The average molecular weight is 668 g/mol. The molecule has 0 spiro atoms. The molecule has 3 heterocycles. The Morgan fingerprint density at radius 3 is 1.63 bits per heavy atom. The summed E-state index contributed by atoms with van der Waals surface area (Å²) < 4.78 is 19.5. The summed E-state index contributed by atoms with van der Waals surface area (Å²) in [7, 11) is 0. The molecule has 11 aromatic rings. The lowest BCUT2D eigenvalue weighted by atomic mass is 9.97. The van der Waals surface area contributed by atoms with Crippen LogP contribution in [-0.2, 0) is 0 Å². The zero-order valence-corrected chi connectivity index (χ0v) is 27.9. The van der Waals surface area contributed by atoms with Crippen LogP contribution in [0.4, 0.5) is 17.1 Å². The van der Waals surface area contributed by atoms with Crippen LogP contribution in [0, 0.1) is 0 Å². The van der Waals surface area contributed by atoms with E-state index in [-0.39, 0.29) is 0 Å². The average Bonchev–Trinajstić information content (AvgIpc) is 3.89. The zero-order valence-electron chi connectivity index (χ0n) is 27.9. The number of hydrogen-bond acceptors (Lipinski definition) is 4. The number of nitrogens with zero attached hydrogens (tertiary/aromatic N) is 1. The molecule has 4 heteroatoms. The van der Waals surface area contributed by atoms with E-state index >= 15 is 0 Å². The Hall–Kier alpha value is -7.04. The minimum absolute atomic E-state index is 0.840. The Morgan fingerprint density at radius 1 is 0.308 bits per heavy atom. The third-order valence-electron chi connectivity index (χ3n) is 10.3. The Morgan fingerprint density at radius 2 is 0.846 bits per heavy atom. The normalized spacial score (nSPS) is 11.8. The van der Waals surface area contributed by atoms with Crippen molar-refractivity contribution < 1.29 is 13.3 Å². The van der Waals surface area contributed by atoms with Crippen LogP contribution in [0.2, 0.25) is 0 Å². The molecule has 0 bridgehead atoms. The molecule has 0 aliphatic carbocycles. The highest BCUT2D eigenvalue weighted by molar-refractivity contribution is 6.15. The van der Waals surface area contributed by atoms with Gasteiger partial charge in [-0.05, 0) is 89.5 Å². The van der Waals surface area contributed by atoms with Gasteiger partial charge in [0.1, 0.15) is 33.5 Å². The summed E-state index contributed by atoms with van der Waals surface area (Å²) in [5.41, 5.74) is 12.6. The molecule has 52 heavy (non-hydrogen) atoms. The highest BCUT2D eigenvalue weighted by Gasteiger charge is 2.19. The monoisotopic (exact) mass is 667 g/mol. The number of benzene rings is 8. The molecular formula is C48H29NO3. The van der Waals surface area contributed by atoms with Gasteiger partial charge in [-0.1, -0.05) is 97.1 Å². The van der Waals surface area contributed by atoms with Crippen molar-refractivity contribution in [2.24, 2.45) is 0 Å². The highest BCUT2D eigenvalue weighted by Crippen LogP contribution is 2.43. The Labute approximate surface area is 298 Å². The van der Waals surface area contributed by atoms with E-state index in [4.69, 9.17) is 13.3 Å². The second kappa shape index (κ2) is 11.2. The number of rotatable bonds is 5. The molecule has 0 aliphatic heterocycles. The summed E-state index contributed by atoms with van der Waals surface area (Å²) in [6.07, 6.45) is 0. The number of anilines is 3. The molecule has 0 radical (unpaired) electrons. The predicted octanol–water partition coefficient (Wildman–Crippen LogP) is 14.2. The first-order valence-corrected chi connectivity index (χ1v) is 17.5. The van der Waals surface area contributed by atoms with Gasteiger partial charge in [-0.25, -0.2) is 0 Å². The minimum atomic E-state index is 0.840. The molecule has 0 unspecified atom stereocenters. The second-order valence-corrected chi connectivity index (χ2v) is 13.3. The van der Waals surface area contributed by atoms with Gasteiger partial charge in [-0.15, -0.1) is 0 Å². The molecule has 11 rings (SSSR count). The van der Waals surface area contributed by atoms with Crippen LogP contribution in [0.15, 0.2) is 189 Å². The molecular weight excluding hydrogens is 639 g/mol. The van der Waals surface area contributed by atoms with E-state index in [1.54, 1.807) is 0 Å². The van der Waals surface area contributed by atoms with Crippen molar-refractivity contribution in [1.82, 2.24) is 0 Å². The van der Waals surface area contributed by atoms with Crippen molar-refractivity contribution in [3.8, 4) is 22.3 Å². The fraction of sp³-hybridized carbons (Fsp3) is 0. The van der Waals surface area contributed by atoms with Gasteiger partial charge in [-0.3, -0.25) is 0 Å². The molecule has 0 saturated heterocycles. The van der Waals surface area contributed by atoms with E-state index in [0.29, 0.717) is 0 Å². The number of furan rings is 3. The van der Waals surface area contributed by atoms with Gasteiger partial charge < -0.3 is 18.2 Å². The topological polar surface area (TPSA) is 42.7 Å². The van der Waals surface area contributed by atoms with Crippen LogP contribution in [0.3, 0.4) is 0 Å². The van der Waals surface area contributed by atoms with Crippen LogP contribution in [0.25, 0.3) is 88.1 Å². The lowest BCUT2D eigenvalue weighted by Gasteiger charge is -2.25. The summed E-state index contributed by atoms with van der Waals surface area (Å²) >= 11 is 0. The number of fused-ring (bicyclic) bond motifs is 9. The molecule has 0 aliphatic rings. The van der Waals surface area contributed by atoms with E-state index in [1.807, 2.05) is 30.3 Å². The van der Waals surface area contributed by atoms with E-state index in [2.05, 4.69) is 150 Å². The Kier molecular flexibility index (Phi) is 6.22. The molecule has 4 nitrogen and oxygen atoms in total. The maximum atomic E-state index is 6.72. The van der Waals surface area contributed by atoms with Gasteiger partial charge in [0.05, 0.1) is 0 Å². The van der Waals surface area contributed by atoms with E-state index in [0.717, 1.165) is 105 Å². The predicted molar refractivity (Wildman–Crippen MR) is 214 cm³/mol. The van der Waals surface area contributed by atoms with Crippen molar-refractivity contribution >= 4 is 82.9 Å². The van der Waals surface area contributed by atoms with Crippen LogP contribution in [-0.4, -0.2) is 0 Å². The van der Waals surface area contributed by atoms with Gasteiger partial charge in [0.25, 0.3) is 0 Å². The van der Waals surface area contributed by atoms with Gasteiger partial charge >= 0.3 is 0 Å². The lowest BCUT2D eigenvalue weighted by Crippen LogP contribution is -2.09. The molecule has 0 fully saturated rings. The standard InChI is InChI=1S/C48H29NO3/c1-3-11-32(12-4-1)49(33-13-5-2-6-14-33)34-23-26-41-46(29-34)51-43-20-10-16-35(47(41)43)30-21-25-39-40-18-9-17-36(48(40)52-45(39)27-30)31-22-24-38-37-15-7-8-19-42(37)50-44(38)28-31/h1-29H. The fourth-order valence-corrected chi connectivity index (χ4v) is 7.88. The highest BCUT2D eigenvalue weighted by atomic mass is 16.3. The van der Waals surface area contributed by atoms with Crippen molar-refractivity contribution in [3.05, 3.63) is 176 Å². The quantitative estimate of drug-likeness (QED) is 0.183. The summed E-state index contributed by atoms with van der Waals surface area (Å²) in [6, 6.07) is 61.2. The van der Waals surface area contributed by atoms with Gasteiger partial charge in [0, 0.05) is 61.0 Å². The lowest BCUT2D eigenvalue weighted by molar-refractivity contribution is 0.668. The van der Waals surface area contributed by atoms with E-state index in [1.165, 1.54) is 0 Å². The third kappa shape index (κ3) is 4.41. The van der Waals surface area contributed by atoms with Gasteiger partial charge in [0.15, 0.2) is 0 Å². The molecule has 0 atom stereocenters. The minimum Gasteiger partial charge on any atom is -0.456 e. The molecule has 8 aromatic carbocycles. The van der Waals surface area contributed by atoms with Crippen molar-refractivity contribution in [2.45, 2.75) is 0 Å². The molecule has 0 N–H and O–H groups in total. The zero-order chi connectivity index (χ0) is 34.2. The molecule has 244 valence electrons. The largest absolute Gasteiger partial charge is 0.456 e. The van der Waals surface area contributed by atoms with Crippen molar-refractivity contribution in [1.29, 1.82) is 0 Å². The first kappa shape index (κ1) is 28.8. The van der Waals surface area contributed by atoms with Crippen LogP contribution >= 0.6 is 0 Å². The van der Waals surface area contributed by atoms with Crippen LogP contribution in [0.1, 0.15) is 0 Å². The molecule has 0 amide bonds. The van der Waals surface area contributed by atoms with E-state index < -0.39 is 0 Å². The van der Waals surface area contributed by atoms with Crippen molar-refractivity contribution in [3.63, 3.8) is 0 Å². The van der Waals surface area contributed by atoms with Crippen molar-refractivity contribution in [2.75, 3.05) is 4.90 Å². The number of hydrogen-bond donors (Lipinski definition) is 0. The maximum absolute atomic E-state index is 6.72. The van der Waals surface area contributed by atoms with Gasteiger partial charge in [-0.2, -0.15) is 0 Å². The molecule has 3 aromatic heterocycles. The first-order chi connectivity index (χ1) is 25.8. The summed E-state index contributed by atoms with van der Waals surface area (Å²) in [4.78, 5) is 2.26. The SMILES string of the molecule is c1ccc(N(c2ccccc2)c2ccc3c(c2)oc2cccc(-c4ccc5c(c4)oc4c(-c6ccc7c(c6)oc6ccccc67)cccc45)c23)cc1. The summed E-state index contributed by atoms with van der Waals surface area (Å²) in [6.45, 7) is 0. The first-order valence-electron chi connectivity index (χ1n) is 17.5.